The third-order valence-electron chi connectivity index (χ3n) is 6.01. The van der Waals surface area contributed by atoms with E-state index in [1.54, 1.807) is 20.8 Å². The number of rotatable bonds is 9. The van der Waals surface area contributed by atoms with Crippen LogP contribution in [-0.2, 0) is 55.7 Å². The molecule has 1 atom stereocenters. The van der Waals surface area contributed by atoms with Gasteiger partial charge in [0.1, 0.15) is 0 Å². The molecule has 1 unspecified atom stereocenters. The number of benzene rings is 2. The molecule has 0 spiro atoms. The van der Waals surface area contributed by atoms with Gasteiger partial charge in [0, 0.05) is 55.3 Å². The maximum Gasteiger partial charge on any atom is 0.416 e. The molecule has 0 saturated carbocycles. The maximum absolute atomic E-state index is 13.0. The Hall–Kier alpha value is -3.97. The maximum atomic E-state index is 13.0. The summed E-state index contributed by atoms with van der Waals surface area (Å²) in [6, 6.07) is 6.66. The van der Waals surface area contributed by atoms with Crippen molar-refractivity contribution in [3.8, 4) is 0 Å². The zero-order valence-corrected chi connectivity index (χ0v) is 34.7. The number of hydrogen-bond donors (Lipinski definition) is 1. The molecule has 4 aromatic rings. The summed E-state index contributed by atoms with van der Waals surface area (Å²) < 4.78 is 98.9. The van der Waals surface area contributed by atoms with Crippen molar-refractivity contribution in [2.45, 2.75) is 59.3 Å². The van der Waals surface area contributed by atoms with E-state index in [9.17, 15) is 35.9 Å². The van der Waals surface area contributed by atoms with Crippen molar-refractivity contribution in [2.75, 3.05) is 13.2 Å². The van der Waals surface area contributed by atoms with Crippen LogP contribution < -0.4 is 0 Å². The third kappa shape index (κ3) is 15.9. The number of alkyl halides is 6. The van der Waals surface area contributed by atoms with Crippen molar-refractivity contribution < 1.29 is 83.6 Å². The summed E-state index contributed by atoms with van der Waals surface area (Å²) in [7, 11) is 0. The summed E-state index contributed by atoms with van der Waals surface area (Å²) in [6.07, 6.45) is -8.24. The first-order valence-corrected chi connectivity index (χ1v) is 16.3. The van der Waals surface area contributed by atoms with Crippen molar-refractivity contribution in [3.63, 3.8) is 0 Å². The number of ether oxygens (including phenoxy) is 2. The smallest absolute Gasteiger partial charge is 0.416 e. The topological polar surface area (TPSA) is 168 Å². The second-order valence-electron chi connectivity index (χ2n) is 10.2. The van der Waals surface area contributed by atoms with E-state index in [-0.39, 0.29) is 88.3 Å². The first-order valence-electron chi connectivity index (χ1n) is 14.7. The molecule has 0 aliphatic carbocycles. The van der Waals surface area contributed by atoms with Gasteiger partial charge >= 0.3 is 24.3 Å². The minimum absolute atomic E-state index is 0. The van der Waals surface area contributed by atoms with E-state index in [2.05, 4.69) is 52.3 Å². The summed E-state index contributed by atoms with van der Waals surface area (Å²) in [5, 5.41) is 22.3. The van der Waals surface area contributed by atoms with Crippen molar-refractivity contribution in [3.05, 3.63) is 97.2 Å². The Kier molecular flexibility index (Phi) is 18.7. The van der Waals surface area contributed by atoms with Crippen LogP contribution in [0.3, 0.4) is 0 Å². The Labute approximate surface area is 327 Å². The number of carbonyl (C=O) groups is 3. The van der Waals surface area contributed by atoms with Crippen LogP contribution in [0.15, 0.2) is 60.3 Å². The quantitative estimate of drug-likeness (QED) is 0.0737. The Morgan fingerprint density at radius 2 is 1.32 bits per heavy atom. The SMILES string of the molecule is CC(=O)O.CCOC(=O)/C=C(/c1cc(Br)cc(C(F)(F)F)c1)c1nnc(C)o1.CCOC(=O)CC(c1cc(Br)cc(C(F)(F)F)c1)c1nnc(C)o1.[Zn]. The molecule has 1 N–H and O–H groups in total. The second kappa shape index (κ2) is 21.1. The van der Waals surface area contributed by atoms with Gasteiger partial charge in [0.2, 0.25) is 23.6 Å². The van der Waals surface area contributed by atoms with Gasteiger partial charge in [-0.05, 0) is 61.4 Å². The normalized spacial score (nSPS) is 11.9. The fraction of sp³-hybridized carbons (Fsp3) is 0.344. The number of aromatic nitrogens is 4. The van der Waals surface area contributed by atoms with Crippen LogP contribution in [0.5, 0.6) is 0 Å². The monoisotopic (exact) mass is 934 g/mol. The standard InChI is InChI=1S/C15H14BrF3N2O3.C15H12BrF3N2O3.C2H4O2.Zn/c2*1-3-23-13(22)7-12(14-21-20-8(2)24-14)9-4-10(15(17,18)19)6-11(16)5-9;1-2(3)4;/h4-6,12H,3,7H2,1-2H3;4-7H,3H2,1-2H3;1H3,(H,3,4);/b;12-7-;;. The predicted octanol–water partition coefficient (Wildman–Crippen LogP) is 8.49. The van der Waals surface area contributed by atoms with Crippen LogP contribution in [0.1, 0.15) is 78.9 Å². The van der Waals surface area contributed by atoms with Crippen LogP contribution >= 0.6 is 31.9 Å². The number of esters is 2. The molecule has 0 amide bonds. The van der Waals surface area contributed by atoms with Gasteiger partial charge in [-0.15, -0.1) is 20.4 Å². The molecular formula is C32H30Br2F6N4O8Zn. The summed E-state index contributed by atoms with van der Waals surface area (Å²) in [6.45, 7) is 7.71. The zero-order valence-electron chi connectivity index (χ0n) is 28.6. The molecule has 12 nitrogen and oxygen atoms in total. The second-order valence-corrected chi connectivity index (χ2v) is 12.0. The Morgan fingerprint density at radius 3 is 1.79 bits per heavy atom. The molecular weight excluding hydrogens is 908 g/mol. The Bertz CT molecular complexity index is 1880. The van der Waals surface area contributed by atoms with Crippen molar-refractivity contribution in [2.24, 2.45) is 0 Å². The van der Waals surface area contributed by atoms with E-state index in [1.807, 2.05) is 0 Å². The average molecular weight is 938 g/mol. The molecule has 0 aliphatic rings. The number of hydrogen-bond acceptors (Lipinski definition) is 11. The molecule has 284 valence electrons. The molecule has 0 bridgehead atoms. The van der Waals surface area contributed by atoms with Crippen molar-refractivity contribution in [1.29, 1.82) is 0 Å². The van der Waals surface area contributed by atoms with Crippen LogP contribution in [0.4, 0.5) is 26.3 Å². The van der Waals surface area contributed by atoms with Crippen LogP contribution in [-0.4, -0.2) is 56.6 Å². The average Bonchev–Trinajstić information content (AvgIpc) is 3.65. The molecule has 0 saturated heterocycles. The molecule has 21 heteroatoms. The minimum Gasteiger partial charge on any atom is -0.481 e. The van der Waals surface area contributed by atoms with Gasteiger partial charge in [0.15, 0.2) is 0 Å². The molecule has 53 heavy (non-hydrogen) atoms. The van der Waals surface area contributed by atoms with Crippen molar-refractivity contribution in [1.82, 2.24) is 20.4 Å². The molecule has 4 rings (SSSR count). The molecule has 2 aromatic heterocycles. The minimum atomic E-state index is -4.54. The number of carboxylic acids is 1. The first kappa shape index (κ1) is 47.1. The van der Waals surface area contributed by atoms with Gasteiger partial charge < -0.3 is 23.4 Å². The molecule has 2 aromatic carbocycles. The number of aryl methyl sites for hydroxylation is 2. The summed E-state index contributed by atoms with van der Waals surface area (Å²) in [4.78, 5) is 32.6. The van der Waals surface area contributed by atoms with E-state index >= 15 is 0 Å². The number of halogens is 8. The van der Waals surface area contributed by atoms with Crippen LogP contribution in [0.2, 0.25) is 0 Å². The predicted molar refractivity (Wildman–Crippen MR) is 176 cm³/mol. The summed E-state index contributed by atoms with van der Waals surface area (Å²) in [5.41, 5.74) is -1.35. The zero-order chi connectivity index (χ0) is 39.4. The van der Waals surface area contributed by atoms with Crippen LogP contribution in [0, 0.1) is 13.8 Å². The van der Waals surface area contributed by atoms with Gasteiger partial charge in [0.25, 0.3) is 5.97 Å². The largest absolute Gasteiger partial charge is 0.481 e. The van der Waals surface area contributed by atoms with E-state index < -0.39 is 47.3 Å². The number of carbonyl (C=O) groups excluding carboxylic acids is 2. The number of aliphatic carboxylic acids is 1. The van der Waals surface area contributed by atoms with Gasteiger partial charge in [-0.3, -0.25) is 9.59 Å². The van der Waals surface area contributed by atoms with E-state index in [4.69, 9.17) is 28.2 Å². The van der Waals surface area contributed by atoms with Gasteiger partial charge in [0.05, 0.1) is 42.3 Å². The molecule has 2 heterocycles. The van der Waals surface area contributed by atoms with E-state index in [0.29, 0.717) is 0 Å². The summed E-state index contributed by atoms with van der Waals surface area (Å²) >= 11 is 6.10. The Morgan fingerprint density at radius 1 is 0.811 bits per heavy atom. The van der Waals surface area contributed by atoms with Crippen molar-refractivity contribution >= 4 is 55.3 Å². The number of nitrogens with zero attached hydrogens (tertiary/aromatic N) is 4. The first-order chi connectivity index (χ1) is 24.1. The van der Waals surface area contributed by atoms with Gasteiger partial charge in [-0.1, -0.05) is 31.9 Å². The number of carboxylic acid groups (broad SMARTS) is 1. The fourth-order valence-corrected chi connectivity index (χ4v) is 5.05. The van der Waals surface area contributed by atoms with E-state index in [1.165, 1.54) is 19.1 Å². The molecule has 0 radical (unpaired) electrons. The Balaban J connectivity index is 0.000000473. The van der Waals surface area contributed by atoms with Gasteiger partial charge in [-0.25, -0.2) is 4.79 Å². The molecule has 0 fully saturated rings. The fourth-order valence-electron chi connectivity index (χ4n) is 4.05. The van der Waals surface area contributed by atoms with Gasteiger partial charge in [-0.2, -0.15) is 26.3 Å². The van der Waals surface area contributed by atoms with Crippen LogP contribution in [0.25, 0.3) is 5.57 Å². The molecule has 0 aliphatic heterocycles. The third-order valence-corrected chi connectivity index (χ3v) is 6.92. The van der Waals surface area contributed by atoms with E-state index in [0.717, 1.165) is 37.3 Å². The summed E-state index contributed by atoms with van der Waals surface area (Å²) in [5.74, 6) is -2.50.